The number of halogens is 1. The second-order valence-electron chi connectivity index (χ2n) is 9.54. The molecule has 3 aromatic heterocycles. The Kier molecular flexibility index (Phi) is 7.08. The molecule has 0 saturated carbocycles. The predicted molar refractivity (Wildman–Crippen MR) is 157 cm³/mol. The fourth-order valence-corrected chi connectivity index (χ4v) is 7.61. The minimum Gasteiger partial charge on any atom is -0.304 e. The molecule has 6 rings (SSSR count). The molecular formula is C27H26FN9O2S2. The molecule has 1 saturated heterocycles. The molecule has 0 N–H and O–H groups in total. The summed E-state index contributed by atoms with van der Waals surface area (Å²) in [4.78, 5) is 20.5. The first-order chi connectivity index (χ1) is 19.8. The number of aliphatic imine (C=N–C) groups is 1. The van der Waals surface area contributed by atoms with Crippen LogP contribution in [0.3, 0.4) is 0 Å². The van der Waals surface area contributed by atoms with Crippen molar-refractivity contribution in [1.29, 1.82) is 5.26 Å². The third kappa shape index (κ3) is 4.89. The van der Waals surface area contributed by atoms with E-state index in [1.165, 1.54) is 28.2 Å². The van der Waals surface area contributed by atoms with Gasteiger partial charge in [-0.2, -0.15) is 10.4 Å². The Bertz CT molecular complexity index is 1780. The van der Waals surface area contributed by atoms with Crippen LogP contribution >= 0.6 is 11.8 Å². The maximum Gasteiger partial charge on any atom is 0.239 e. The summed E-state index contributed by atoms with van der Waals surface area (Å²) in [6.45, 7) is 5.49. The van der Waals surface area contributed by atoms with E-state index < -0.39 is 21.3 Å². The van der Waals surface area contributed by atoms with Gasteiger partial charge in [0.2, 0.25) is 16.0 Å². The first kappa shape index (κ1) is 27.1. The SMILES string of the molecule is CCN(C1=NC(c2ccc(F)cc2)C(C#N)S1)c1c2nc(-c3cnc(N4CCCS4(=O)=O)nc3)ccc2nn1CC. The van der Waals surface area contributed by atoms with Gasteiger partial charge >= 0.3 is 0 Å². The lowest BCUT2D eigenvalue weighted by atomic mass is 10.0. The number of aromatic nitrogens is 5. The number of nitrogens with zero attached hydrogens (tertiary/aromatic N) is 9. The normalized spacial score (nSPS) is 19.9. The van der Waals surface area contributed by atoms with Crippen LogP contribution in [0.15, 0.2) is 53.8 Å². The highest BCUT2D eigenvalue weighted by Gasteiger charge is 2.36. The smallest absolute Gasteiger partial charge is 0.239 e. The molecule has 1 fully saturated rings. The van der Waals surface area contributed by atoms with Crippen molar-refractivity contribution in [1.82, 2.24) is 24.7 Å². The lowest BCUT2D eigenvalue weighted by Gasteiger charge is -2.22. The predicted octanol–water partition coefficient (Wildman–Crippen LogP) is 4.15. The maximum absolute atomic E-state index is 13.5. The molecule has 0 radical (unpaired) electrons. The summed E-state index contributed by atoms with van der Waals surface area (Å²) in [5.74, 6) is 0.657. The zero-order valence-electron chi connectivity index (χ0n) is 22.3. The minimum absolute atomic E-state index is 0.0950. The van der Waals surface area contributed by atoms with Crippen molar-refractivity contribution in [2.75, 3.05) is 28.0 Å². The fraction of sp³-hybridized carbons (Fsp3) is 0.333. The number of thioether (sulfide) groups is 1. The number of aryl methyl sites for hydroxylation is 1. The number of rotatable bonds is 6. The molecule has 2 aliphatic heterocycles. The minimum atomic E-state index is -3.38. The summed E-state index contributed by atoms with van der Waals surface area (Å²) in [6.07, 6.45) is 3.70. The van der Waals surface area contributed by atoms with Crippen LogP contribution < -0.4 is 9.21 Å². The van der Waals surface area contributed by atoms with Crippen LogP contribution in [-0.2, 0) is 16.6 Å². The van der Waals surface area contributed by atoms with E-state index in [-0.39, 0.29) is 17.5 Å². The summed E-state index contributed by atoms with van der Waals surface area (Å²) < 4.78 is 41.2. The van der Waals surface area contributed by atoms with Crippen LogP contribution in [0, 0.1) is 17.1 Å². The van der Waals surface area contributed by atoms with Crippen LogP contribution in [-0.4, -0.2) is 62.4 Å². The van der Waals surface area contributed by atoms with E-state index in [1.54, 1.807) is 24.5 Å². The van der Waals surface area contributed by atoms with Gasteiger partial charge in [-0.15, -0.1) is 0 Å². The van der Waals surface area contributed by atoms with Gasteiger partial charge in [-0.25, -0.2) is 36.7 Å². The second kappa shape index (κ2) is 10.7. The van der Waals surface area contributed by atoms with Crippen molar-refractivity contribution in [3.63, 3.8) is 0 Å². The Labute approximate surface area is 240 Å². The summed E-state index contributed by atoms with van der Waals surface area (Å²) in [5, 5.41) is 14.8. The average molecular weight is 592 g/mol. The topological polar surface area (TPSA) is 133 Å². The van der Waals surface area contributed by atoms with Gasteiger partial charge in [0.25, 0.3) is 0 Å². The Hall–Kier alpha value is -4.09. The number of nitriles is 1. The highest BCUT2D eigenvalue weighted by molar-refractivity contribution is 8.15. The number of pyridine rings is 1. The molecule has 4 aromatic rings. The van der Waals surface area contributed by atoms with E-state index in [0.29, 0.717) is 53.5 Å². The zero-order valence-corrected chi connectivity index (χ0v) is 24.0. The largest absolute Gasteiger partial charge is 0.304 e. The second-order valence-corrected chi connectivity index (χ2v) is 12.7. The molecule has 0 amide bonds. The van der Waals surface area contributed by atoms with Crippen LogP contribution in [0.5, 0.6) is 0 Å². The first-order valence-electron chi connectivity index (χ1n) is 13.2. The molecule has 14 heteroatoms. The van der Waals surface area contributed by atoms with E-state index in [1.807, 2.05) is 35.6 Å². The highest BCUT2D eigenvalue weighted by Crippen LogP contribution is 2.41. The fourth-order valence-electron chi connectivity index (χ4n) is 5.00. The van der Waals surface area contributed by atoms with Crippen molar-refractivity contribution in [2.45, 2.75) is 38.1 Å². The van der Waals surface area contributed by atoms with Crippen LogP contribution in [0.25, 0.3) is 22.3 Å². The van der Waals surface area contributed by atoms with Crippen molar-refractivity contribution in [2.24, 2.45) is 4.99 Å². The third-order valence-corrected chi connectivity index (χ3v) is 10.0. The molecule has 11 nitrogen and oxygen atoms in total. The van der Waals surface area contributed by atoms with E-state index in [0.717, 1.165) is 11.4 Å². The lowest BCUT2D eigenvalue weighted by Crippen LogP contribution is -2.30. The summed E-state index contributed by atoms with van der Waals surface area (Å²) in [6, 6.07) is 11.7. The van der Waals surface area contributed by atoms with Crippen molar-refractivity contribution in [3.8, 4) is 17.3 Å². The average Bonchev–Trinajstić information content (AvgIpc) is 3.68. The number of hydrogen-bond donors (Lipinski definition) is 0. The van der Waals surface area contributed by atoms with Gasteiger partial charge in [-0.3, -0.25) is 4.99 Å². The summed E-state index contributed by atoms with van der Waals surface area (Å²) in [7, 11) is -3.38. The van der Waals surface area contributed by atoms with Crippen molar-refractivity contribution >= 4 is 49.8 Å². The summed E-state index contributed by atoms with van der Waals surface area (Å²) in [5.41, 5.74) is 3.37. The Balaban J connectivity index is 1.38. The van der Waals surface area contributed by atoms with E-state index in [4.69, 9.17) is 15.1 Å². The van der Waals surface area contributed by atoms with Gasteiger partial charge < -0.3 is 4.90 Å². The molecule has 5 heterocycles. The Morgan fingerprint density at radius 2 is 1.90 bits per heavy atom. The standard InChI is InChI=1S/C27H26FN9O2S2/c1-3-35(27-33-23(22(14-29)40-27)17-6-8-19(28)9-7-17)25-24-21(34-36(25)4-2)11-10-20(32-24)18-15-30-26(31-16-18)37-12-5-13-41(37,38)39/h6-11,15-16,22-23H,3-5,12-13H2,1-2H3. The third-order valence-electron chi connectivity index (χ3n) is 7.02. The molecule has 1 aromatic carbocycles. The van der Waals surface area contributed by atoms with Crippen LogP contribution in [0.4, 0.5) is 16.2 Å². The van der Waals surface area contributed by atoms with Gasteiger partial charge in [0.15, 0.2) is 11.0 Å². The van der Waals surface area contributed by atoms with Gasteiger partial charge in [0.1, 0.15) is 28.1 Å². The number of amidine groups is 1. The van der Waals surface area contributed by atoms with Gasteiger partial charge in [0, 0.05) is 37.6 Å². The lowest BCUT2D eigenvalue weighted by molar-refractivity contribution is 0.598. The molecule has 210 valence electrons. The molecule has 0 bridgehead atoms. The number of hydrogen-bond acceptors (Lipinski definition) is 10. The van der Waals surface area contributed by atoms with E-state index >= 15 is 0 Å². The quantitative estimate of drug-likeness (QED) is 0.324. The van der Waals surface area contributed by atoms with Gasteiger partial charge in [-0.05, 0) is 50.1 Å². The monoisotopic (exact) mass is 591 g/mol. The van der Waals surface area contributed by atoms with Gasteiger partial charge in [-0.1, -0.05) is 23.9 Å². The number of fused-ring (bicyclic) bond motifs is 1. The van der Waals surface area contributed by atoms with Crippen LogP contribution in [0.1, 0.15) is 31.9 Å². The Morgan fingerprint density at radius 3 is 2.54 bits per heavy atom. The molecule has 2 atom stereocenters. The molecule has 2 unspecified atom stereocenters. The van der Waals surface area contributed by atoms with Gasteiger partial charge in [0.05, 0.1) is 17.5 Å². The Morgan fingerprint density at radius 1 is 1.15 bits per heavy atom. The molecule has 0 spiro atoms. The number of anilines is 2. The molecule has 0 aliphatic carbocycles. The first-order valence-corrected chi connectivity index (χ1v) is 15.7. The van der Waals surface area contributed by atoms with Crippen LogP contribution in [0.2, 0.25) is 0 Å². The van der Waals surface area contributed by atoms with E-state index in [9.17, 15) is 18.1 Å². The molecule has 41 heavy (non-hydrogen) atoms. The zero-order chi connectivity index (χ0) is 28.7. The highest BCUT2D eigenvalue weighted by atomic mass is 32.2. The molecule has 2 aliphatic rings. The van der Waals surface area contributed by atoms with Crippen molar-refractivity contribution < 1.29 is 12.8 Å². The van der Waals surface area contributed by atoms with Crippen molar-refractivity contribution in [3.05, 3.63) is 60.2 Å². The number of benzene rings is 1. The van der Waals surface area contributed by atoms with E-state index in [2.05, 4.69) is 16.0 Å². The molecular weight excluding hydrogens is 565 g/mol. The summed E-state index contributed by atoms with van der Waals surface area (Å²) >= 11 is 1.37. The number of sulfonamides is 1. The maximum atomic E-state index is 13.5.